The van der Waals surface area contributed by atoms with Gasteiger partial charge in [0, 0.05) is 51.3 Å². The van der Waals surface area contributed by atoms with Crippen LogP contribution in [0, 0.1) is 13.8 Å². The molecular formula is C27H25Cl2N3O5S. The van der Waals surface area contributed by atoms with Crippen molar-refractivity contribution in [1.29, 1.82) is 0 Å². The third kappa shape index (κ3) is 4.75. The zero-order chi connectivity index (χ0) is 27.4. The Labute approximate surface area is 230 Å². The predicted molar refractivity (Wildman–Crippen MR) is 147 cm³/mol. The number of anilines is 1. The van der Waals surface area contributed by atoms with Crippen LogP contribution in [-0.4, -0.2) is 54.4 Å². The van der Waals surface area contributed by atoms with E-state index in [-0.39, 0.29) is 38.9 Å². The van der Waals surface area contributed by atoms with E-state index >= 15 is 0 Å². The largest absolute Gasteiger partial charge is 0.391 e. The smallest absolute Gasteiger partial charge is 0.256 e. The van der Waals surface area contributed by atoms with Crippen molar-refractivity contribution in [1.82, 2.24) is 9.88 Å². The summed E-state index contributed by atoms with van der Waals surface area (Å²) in [6.45, 7) is 4.33. The Morgan fingerprint density at radius 3 is 2.55 bits per heavy atom. The van der Waals surface area contributed by atoms with Gasteiger partial charge < -0.3 is 20.3 Å². The van der Waals surface area contributed by atoms with Crippen LogP contribution in [0.2, 0.25) is 10.0 Å². The van der Waals surface area contributed by atoms with E-state index in [1.54, 1.807) is 49.1 Å². The molecule has 1 aromatic heterocycles. The Balaban J connectivity index is 1.50. The lowest BCUT2D eigenvalue weighted by molar-refractivity contribution is -0.110. The third-order valence-electron chi connectivity index (χ3n) is 6.96. The Kier molecular flexibility index (Phi) is 6.89. The number of likely N-dealkylation sites (tertiary alicyclic amines) is 1. The molecule has 0 saturated carbocycles. The molecule has 5 rings (SSSR count). The topological polar surface area (TPSA) is 120 Å². The Morgan fingerprint density at radius 2 is 1.89 bits per heavy atom. The van der Waals surface area contributed by atoms with Crippen molar-refractivity contribution >= 4 is 62.2 Å². The van der Waals surface area contributed by atoms with Gasteiger partial charge in [0.2, 0.25) is 0 Å². The summed E-state index contributed by atoms with van der Waals surface area (Å²) >= 11 is 12.4. The number of nitrogens with one attached hydrogen (secondary N) is 2. The summed E-state index contributed by atoms with van der Waals surface area (Å²) in [5.41, 5.74) is 3.88. The van der Waals surface area contributed by atoms with E-state index in [0.29, 0.717) is 52.3 Å². The van der Waals surface area contributed by atoms with Gasteiger partial charge in [0.05, 0.1) is 27.9 Å². The monoisotopic (exact) mass is 573 g/mol. The van der Waals surface area contributed by atoms with Crippen LogP contribution < -0.4 is 5.32 Å². The van der Waals surface area contributed by atoms with Crippen LogP contribution in [0.25, 0.3) is 11.6 Å². The quantitative estimate of drug-likeness (QED) is 0.385. The molecule has 0 bridgehead atoms. The number of β-amino-alcohol motifs (C(OH)–C–C–N with tert-alkyl or cyclic N) is 1. The second-order valence-electron chi connectivity index (χ2n) is 9.54. The number of sulfone groups is 1. The number of aliphatic hydroxyl groups is 1. The summed E-state index contributed by atoms with van der Waals surface area (Å²) in [6.07, 6.45) is 1.63. The highest BCUT2D eigenvalue weighted by Crippen LogP contribution is 2.37. The molecule has 0 unspecified atom stereocenters. The van der Waals surface area contributed by atoms with Crippen molar-refractivity contribution in [2.45, 2.75) is 37.0 Å². The number of fused-ring (bicyclic) bond motifs is 1. The standard InChI is InChI=1S/C27H25Cl2N3O5S/c1-14-24(30-15(2)25(14)27(35)32-9-8-16(33)12-32)11-19-18-10-17(6-7-23(18)31-26(19)34)38(36,37)13-20-21(28)4-3-5-22(20)29/h3-7,10-11,16,30,33H,8-9,12-13H2,1-2H3,(H,31,34)/t16-/m1/s1. The molecule has 0 aliphatic carbocycles. The third-order valence-corrected chi connectivity index (χ3v) is 9.31. The number of H-pyrrole nitrogens is 1. The van der Waals surface area contributed by atoms with Crippen molar-refractivity contribution in [3.05, 3.63) is 80.1 Å². The van der Waals surface area contributed by atoms with E-state index in [9.17, 15) is 23.1 Å². The summed E-state index contributed by atoms with van der Waals surface area (Å²) in [5.74, 6) is -0.956. The highest BCUT2D eigenvalue weighted by atomic mass is 35.5. The molecular weight excluding hydrogens is 549 g/mol. The Hall–Kier alpha value is -3.11. The number of aliphatic hydroxyl groups excluding tert-OH is 1. The van der Waals surface area contributed by atoms with Crippen molar-refractivity contribution < 1.29 is 23.1 Å². The number of nitrogens with zero attached hydrogens (tertiary/aromatic N) is 1. The van der Waals surface area contributed by atoms with Gasteiger partial charge in [0.15, 0.2) is 9.84 Å². The number of amides is 2. The molecule has 2 amide bonds. The van der Waals surface area contributed by atoms with Crippen LogP contribution >= 0.6 is 23.2 Å². The maximum Gasteiger partial charge on any atom is 0.256 e. The van der Waals surface area contributed by atoms with Crippen LogP contribution in [0.1, 0.15) is 44.9 Å². The lowest BCUT2D eigenvalue weighted by Gasteiger charge is -2.16. The first-order chi connectivity index (χ1) is 18.0. The van der Waals surface area contributed by atoms with Gasteiger partial charge in [-0.15, -0.1) is 0 Å². The van der Waals surface area contributed by atoms with Crippen LogP contribution in [0.4, 0.5) is 5.69 Å². The first kappa shape index (κ1) is 26.5. The number of benzene rings is 2. The lowest BCUT2D eigenvalue weighted by Crippen LogP contribution is -2.30. The van der Waals surface area contributed by atoms with E-state index in [1.807, 2.05) is 0 Å². The number of halogens is 2. The number of rotatable bonds is 5. The molecule has 3 heterocycles. The molecule has 2 aliphatic heterocycles. The number of aromatic nitrogens is 1. The summed E-state index contributed by atoms with van der Waals surface area (Å²) in [7, 11) is -3.84. The normalized spacial score (nSPS) is 18.2. The maximum absolute atomic E-state index is 13.3. The van der Waals surface area contributed by atoms with Crippen LogP contribution in [-0.2, 0) is 20.4 Å². The summed E-state index contributed by atoms with van der Waals surface area (Å²) in [5, 5.41) is 13.1. The van der Waals surface area contributed by atoms with Gasteiger partial charge in [-0.05, 0) is 62.2 Å². The second-order valence-corrected chi connectivity index (χ2v) is 12.3. The molecule has 38 heavy (non-hydrogen) atoms. The summed E-state index contributed by atoms with van der Waals surface area (Å²) in [6, 6.07) is 9.25. The minimum atomic E-state index is -3.84. The fourth-order valence-electron chi connectivity index (χ4n) is 4.92. The number of hydrogen-bond donors (Lipinski definition) is 3. The molecule has 2 aromatic carbocycles. The van der Waals surface area contributed by atoms with Crippen molar-refractivity contribution in [2.24, 2.45) is 0 Å². The fourth-order valence-corrected chi connectivity index (χ4v) is 7.04. The fraction of sp³-hybridized carbons (Fsp3) is 0.259. The highest BCUT2D eigenvalue weighted by molar-refractivity contribution is 7.90. The number of carbonyl (C=O) groups is 2. The van der Waals surface area contributed by atoms with Crippen molar-refractivity contribution in [2.75, 3.05) is 18.4 Å². The average molecular weight is 574 g/mol. The number of hydrogen-bond acceptors (Lipinski definition) is 5. The average Bonchev–Trinajstić information content (AvgIpc) is 3.51. The Morgan fingerprint density at radius 1 is 1.18 bits per heavy atom. The molecule has 0 spiro atoms. The van der Waals surface area contributed by atoms with Crippen LogP contribution in [0.3, 0.4) is 0 Å². The first-order valence-electron chi connectivity index (χ1n) is 12.0. The lowest BCUT2D eigenvalue weighted by atomic mass is 10.0. The summed E-state index contributed by atoms with van der Waals surface area (Å²) in [4.78, 5) is 30.8. The van der Waals surface area contributed by atoms with E-state index < -0.39 is 21.7 Å². The van der Waals surface area contributed by atoms with Gasteiger partial charge in [-0.3, -0.25) is 9.59 Å². The van der Waals surface area contributed by atoms with Gasteiger partial charge >= 0.3 is 0 Å². The minimum Gasteiger partial charge on any atom is -0.391 e. The molecule has 198 valence electrons. The zero-order valence-electron chi connectivity index (χ0n) is 20.6. The van der Waals surface area contributed by atoms with Gasteiger partial charge in [-0.1, -0.05) is 29.3 Å². The van der Waals surface area contributed by atoms with Crippen LogP contribution in [0.5, 0.6) is 0 Å². The van der Waals surface area contributed by atoms with E-state index in [1.165, 1.54) is 12.1 Å². The second kappa shape index (κ2) is 9.89. The number of aryl methyl sites for hydroxylation is 1. The van der Waals surface area contributed by atoms with Gasteiger partial charge in [0.1, 0.15) is 0 Å². The van der Waals surface area contributed by atoms with Crippen molar-refractivity contribution in [3.8, 4) is 0 Å². The molecule has 1 fully saturated rings. The molecule has 3 aromatic rings. The molecule has 8 nitrogen and oxygen atoms in total. The minimum absolute atomic E-state index is 0.0254. The number of aromatic amines is 1. The highest BCUT2D eigenvalue weighted by Gasteiger charge is 2.31. The SMILES string of the molecule is Cc1[nH]c(C=C2C(=O)Nc3ccc(S(=O)(=O)Cc4c(Cl)cccc4Cl)cc32)c(C)c1C(=O)N1CC[C@@H](O)C1. The number of carbonyl (C=O) groups excluding carboxylic acids is 2. The maximum atomic E-state index is 13.3. The molecule has 1 saturated heterocycles. The molecule has 3 N–H and O–H groups in total. The van der Waals surface area contributed by atoms with Gasteiger partial charge in [-0.25, -0.2) is 8.42 Å². The van der Waals surface area contributed by atoms with Crippen molar-refractivity contribution in [3.63, 3.8) is 0 Å². The van der Waals surface area contributed by atoms with Gasteiger partial charge in [-0.2, -0.15) is 0 Å². The molecule has 11 heteroatoms. The van der Waals surface area contributed by atoms with Crippen LogP contribution in [0.15, 0.2) is 41.3 Å². The molecule has 1 atom stereocenters. The molecule has 0 radical (unpaired) electrons. The van der Waals surface area contributed by atoms with Gasteiger partial charge in [0.25, 0.3) is 11.8 Å². The molecule has 2 aliphatic rings. The van der Waals surface area contributed by atoms with E-state index in [0.717, 1.165) is 0 Å². The Bertz CT molecular complexity index is 1610. The predicted octanol–water partition coefficient (Wildman–Crippen LogP) is 4.61. The van der Waals surface area contributed by atoms with E-state index in [2.05, 4.69) is 10.3 Å². The summed E-state index contributed by atoms with van der Waals surface area (Å²) < 4.78 is 26.5. The first-order valence-corrected chi connectivity index (χ1v) is 14.4. The zero-order valence-corrected chi connectivity index (χ0v) is 23.0. The van der Waals surface area contributed by atoms with E-state index in [4.69, 9.17) is 23.2 Å².